The Morgan fingerprint density at radius 2 is 1.52 bits per heavy atom. The van der Waals surface area contributed by atoms with Crippen LogP contribution in [0, 0.1) is 33.5 Å². The molecule has 0 aromatic heterocycles. The van der Waals surface area contributed by atoms with Gasteiger partial charge in [0.2, 0.25) is 0 Å². The number of benzene rings is 2. The number of rotatable bonds is 4. The van der Waals surface area contributed by atoms with Gasteiger partial charge in [-0.3, -0.25) is 0 Å². The van der Waals surface area contributed by atoms with Crippen LogP contribution in [0.3, 0.4) is 0 Å². The minimum Gasteiger partial charge on any atom is -0.306 e. The Morgan fingerprint density at radius 1 is 0.905 bits per heavy atom. The normalized spacial score (nSPS) is 12.5. The van der Waals surface area contributed by atoms with Crippen LogP contribution in [0.5, 0.6) is 0 Å². The van der Waals surface area contributed by atoms with Crippen molar-refractivity contribution in [3.8, 4) is 0 Å². The first-order valence-electron chi connectivity index (χ1n) is 7.44. The van der Waals surface area contributed by atoms with Gasteiger partial charge in [0.15, 0.2) is 0 Å². The Morgan fingerprint density at radius 3 is 2.10 bits per heavy atom. The second kappa shape index (κ2) is 6.40. The molecule has 0 fully saturated rings. The van der Waals surface area contributed by atoms with E-state index in [0.29, 0.717) is 11.1 Å². The van der Waals surface area contributed by atoms with Gasteiger partial charge < -0.3 is 5.32 Å². The summed E-state index contributed by atoms with van der Waals surface area (Å²) in [4.78, 5) is 0. The van der Waals surface area contributed by atoms with E-state index in [-0.39, 0.29) is 11.9 Å². The predicted octanol–water partition coefficient (Wildman–Crippen LogP) is 4.91. The summed E-state index contributed by atoms with van der Waals surface area (Å²) in [6.07, 6.45) is 0. The summed E-state index contributed by atoms with van der Waals surface area (Å²) in [5.74, 6) is -0.0963. The standard InChI is InChI=1S/C19H24FN/c1-12-6-7-18(10-13(12)2)16(5)21-11-17-8-14(3)19(20)15(4)9-17/h6-10,16,21H,11H2,1-5H3. The van der Waals surface area contributed by atoms with Gasteiger partial charge in [-0.05, 0) is 68.0 Å². The molecule has 1 atom stereocenters. The van der Waals surface area contributed by atoms with E-state index >= 15 is 0 Å². The molecule has 1 nitrogen and oxygen atoms in total. The number of nitrogens with one attached hydrogen (secondary N) is 1. The van der Waals surface area contributed by atoms with E-state index in [1.807, 2.05) is 26.0 Å². The van der Waals surface area contributed by atoms with Gasteiger partial charge in [0.05, 0.1) is 0 Å². The van der Waals surface area contributed by atoms with Gasteiger partial charge in [0.25, 0.3) is 0 Å². The second-order valence-electron chi connectivity index (χ2n) is 5.99. The van der Waals surface area contributed by atoms with E-state index < -0.39 is 0 Å². The molecular formula is C19H24FN. The van der Waals surface area contributed by atoms with E-state index in [0.717, 1.165) is 12.1 Å². The van der Waals surface area contributed by atoms with Gasteiger partial charge in [-0.1, -0.05) is 30.3 Å². The SMILES string of the molecule is Cc1ccc(C(C)NCc2cc(C)c(F)c(C)c2)cc1C. The molecule has 2 aromatic rings. The molecule has 0 aliphatic rings. The molecule has 0 spiro atoms. The largest absolute Gasteiger partial charge is 0.306 e. The van der Waals surface area contributed by atoms with E-state index in [4.69, 9.17) is 0 Å². The molecule has 0 saturated heterocycles. The van der Waals surface area contributed by atoms with E-state index in [1.165, 1.54) is 16.7 Å². The molecule has 0 aliphatic carbocycles. The topological polar surface area (TPSA) is 12.0 Å². The van der Waals surface area contributed by atoms with Crippen molar-refractivity contribution in [2.45, 2.75) is 47.2 Å². The highest BCUT2D eigenvalue weighted by molar-refractivity contribution is 5.32. The Bertz CT molecular complexity index is 623. The highest BCUT2D eigenvalue weighted by Crippen LogP contribution is 2.19. The zero-order chi connectivity index (χ0) is 15.6. The van der Waals surface area contributed by atoms with Gasteiger partial charge >= 0.3 is 0 Å². The van der Waals surface area contributed by atoms with Crippen molar-refractivity contribution < 1.29 is 4.39 Å². The quantitative estimate of drug-likeness (QED) is 0.841. The van der Waals surface area contributed by atoms with Gasteiger partial charge in [0, 0.05) is 12.6 Å². The fourth-order valence-corrected chi connectivity index (χ4v) is 2.56. The van der Waals surface area contributed by atoms with Gasteiger partial charge in [-0.2, -0.15) is 0 Å². The van der Waals surface area contributed by atoms with Crippen LogP contribution < -0.4 is 5.32 Å². The summed E-state index contributed by atoms with van der Waals surface area (Å²) in [5.41, 5.74) is 6.47. The third-order valence-corrected chi connectivity index (χ3v) is 4.14. The monoisotopic (exact) mass is 285 g/mol. The van der Waals surface area contributed by atoms with Crippen molar-refractivity contribution in [2.24, 2.45) is 0 Å². The van der Waals surface area contributed by atoms with Crippen LogP contribution in [0.1, 0.15) is 46.3 Å². The lowest BCUT2D eigenvalue weighted by molar-refractivity contribution is 0.570. The van der Waals surface area contributed by atoms with Crippen molar-refractivity contribution >= 4 is 0 Å². The minimum atomic E-state index is -0.0963. The Balaban J connectivity index is 2.07. The van der Waals surface area contributed by atoms with Gasteiger partial charge in [-0.25, -0.2) is 4.39 Å². The minimum absolute atomic E-state index is 0.0963. The van der Waals surface area contributed by atoms with Crippen molar-refractivity contribution in [3.63, 3.8) is 0 Å². The first kappa shape index (κ1) is 15.7. The third-order valence-electron chi connectivity index (χ3n) is 4.14. The Hall–Kier alpha value is -1.67. The summed E-state index contributed by atoms with van der Waals surface area (Å²) in [5, 5.41) is 3.51. The number of aryl methyl sites for hydroxylation is 4. The van der Waals surface area contributed by atoms with Gasteiger partial charge in [-0.15, -0.1) is 0 Å². The molecular weight excluding hydrogens is 261 g/mol. The Kier molecular flexibility index (Phi) is 4.79. The van der Waals surface area contributed by atoms with Crippen LogP contribution >= 0.6 is 0 Å². The summed E-state index contributed by atoms with van der Waals surface area (Å²) >= 11 is 0. The first-order valence-corrected chi connectivity index (χ1v) is 7.44. The average Bonchev–Trinajstić information content (AvgIpc) is 2.44. The fourth-order valence-electron chi connectivity index (χ4n) is 2.56. The van der Waals surface area contributed by atoms with Crippen LogP contribution in [0.25, 0.3) is 0 Å². The van der Waals surface area contributed by atoms with Crippen LogP contribution in [0.2, 0.25) is 0 Å². The van der Waals surface area contributed by atoms with Crippen molar-refractivity contribution in [1.82, 2.24) is 5.32 Å². The van der Waals surface area contributed by atoms with Crippen LogP contribution in [0.15, 0.2) is 30.3 Å². The summed E-state index contributed by atoms with van der Waals surface area (Å²) in [7, 11) is 0. The van der Waals surface area contributed by atoms with Crippen molar-refractivity contribution in [1.29, 1.82) is 0 Å². The highest BCUT2D eigenvalue weighted by atomic mass is 19.1. The van der Waals surface area contributed by atoms with Crippen LogP contribution in [-0.2, 0) is 6.54 Å². The molecule has 0 radical (unpaired) electrons. The summed E-state index contributed by atoms with van der Waals surface area (Å²) < 4.78 is 13.6. The number of halogens is 1. The van der Waals surface area contributed by atoms with E-state index in [2.05, 4.69) is 44.3 Å². The molecule has 21 heavy (non-hydrogen) atoms. The lowest BCUT2D eigenvalue weighted by Crippen LogP contribution is -2.18. The molecule has 1 N–H and O–H groups in total. The molecule has 112 valence electrons. The number of hydrogen-bond acceptors (Lipinski definition) is 1. The fraction of sp³-hybridized carbons (Fsp3) is 0.368. The van der Waals surface area contributed by atoms with Crippen LogP contribution in [-0.4, -0.2) is 0 Å². The lowest BCUT2D eigenvalue weighted by atomic mass is 10.0. The predicted molar refractivity (Wildman–Crippen MR) is 87.0 cm³/mol. The van der Waals surface area contributed by atoms with Crippen LogP contribution in [0.4, 0.5) is 4.39 Å². The molecule has 0 aliphatic heterocycles. The van der Waals surface area contributed by atoms with E-state index in [9.17, 15) is 4.39 Å². The van der Waals surface area contributed by atoms with E-state index in [1.54, 1.807) is 0 Å². The molecule has 2 heteroatoms. The zero-order valence-corrected chi connectivity index (χ0v) is 13.5. The lowest BCUT2D eigenvalue weighted by Gasteiger charge is -2.16. The maximum absolute atomic E-state index is 13.6. The molecule has 0 heterocycles. The first-order chi connectivity index (χ1) is 9.88. The highest BCUT2D eigenvalue weighted by Gasteiger charge is 2.08. The maximum Gasteiger partial charge on any atom is 0.129 e. The molecule has 2 rings (SSSR count). The smallest absolute Gasteiger partial charge is 0.129 e. The molecule has 0 saturated carbocycles. The zero-order valence-electron chi connectivity index (χ0n) is 13.5. The molecule has 2 aromatic carbocycles. The van der Waals surface area contributed by atoms with Crippen molar-refractivity contribution in [2.75, 3.05) is 0 Å². The Labute approximate surface area is 127 Å². The second-order valence-corrected chi connectivity index (χ2v) is 5.99. The maximum atomic E-state index is 13.6. The molecule has 0 amide bonds. The molecule has 0 bridgehead atoms. The summed E-state index contributed by atoms with van der Waals surface area (Å²) in [6.45, 7) is 10.8. The van der Waals surface area contributed by atoms with Gasteiger partial charge in [0.1, 0.15) is 5.82 Å². The van der Waals surface area contributed by atoms with Crippen molar-refractivity contribution in [3.05, 3.63) is 69.5 Å². The molecule has 1 unspecified atom stereocenters. The third kappa shape index (κ3) is 3.70. The average molecular weight is 285 g/mol. The number of hydrogen-bond donors (Lipinski definition) is 1. The summed E-state index contributed by atoms with van der Waals surface area (Å²) in [6, 6.07) is 10.7.